The summed E-state index contributed by atoms with van der Waals surface area (Å²) in [7, 11) is 3.62. The van der Waals surface area contributed by atoms with Gasteiger partial charge in [0.15, 0.2) is 0 Å². The molecule has 4 aromatic rings. The average Bonchev–Trinajstić information content (AvgIpc) is 3.32. The van der Waals surface area contributed by atoms with Gasteiger partial charge in [-0.05, 0) is 75.0 Å². The minimum absolute atomic E-state index is 0.0334. The molecule has 0 radical (unpaired) electrons. The van der Waals surface area contributed by atoms with Gasteiger partial charge in [0.2, 0.25) is 0 Å². The van der Waals surface area contributed by atoms with E-state index in [1.165, 1.54) is 17.4 Å². The molecule has 1 saturated carbocycles. The molecule has 0 saturated heterocycles. The summed E-state index contributed by atoms with van der Waals surface area (Å²) in [6.07, 6.45) is 7.27. The number of thiophene rings is 1. The lowest BCUT2D eigenvalue weighted by Gasteiger charge is -2.37. The fourth-order valence-corrected chi connectivity index (χ4v) is 6.94. The molecule has 0 aliphatic heterocycles. The topological polar surface area (TPSA) is 54.5 Å². The number of aryl methyl sites for hydroxylation is 1. The summed E-state index contributed by atoms with van der Waals surface area (Å²) >= 11 is 7.98. The molecule has 8 heteroatoms. The second-order valence-electron chi connectivity index (χ2n) is 9.81. The van der Waals surface area contributed by atoms with Gasteiger partial charge in [0.1, 0.15) is 16.4 Å². The molecule has 1 aliphatic rings. The van der Waals surface area contributed by atoms with E-state index in [1.54, 1.807) is 19.4 Å². The van der Waals surface area contributed by atoms with Crippen LogP contribution in [-0.4, -0.2) is 42.0 Å². The molecule has 5 nitrogen and oxygen atoms in total. The maximum Gasteiger partial charge on any atom is 0.266 e. The fraction of sp³-hybridized carbons (Fsp3) is 0.333. The van der Waals surface area contributed by atoms with Crippen LogP contribution in [0, 0.1) is 12.7 Å². The molecule has 1 amide bonds. The highest BCUT2D eigenvalue weighted by Crippen LogP contribution is 2.41. The standard InChI is InChI=1S/C30H31ClFN3O2S/c1-18-6-12-24(32)26-27(31)29(38-28(18)26)30(36)35(23-10-8-22(33-2)9-11-23)17-21-15-19(7-13-25(21)37-3)20-5-4-14-34-16-20/h4-7,12-16,22-23,33H,8-11,17H2,1-3H3/t22-,23-. The van der Waals surface area contributed by atoms with Crippen LogP contribution in [0.1, 0.15) is 46.5 Å². The molecule has 0 bridgehead atoms. The first-order chi connectivity index (χ1) is 18.4. The third-order valence-electron chi connectivity index (χ3n) is 7.54. The summed E-state index contributed by atoms with van der Waals surface area (Å²) in [6, 6.07) is 13.5. The quantitative estimate of drug-likeness (QED) is 0.263. The first-order valence-electron chi connectivity index (χ1n) is 12.8. The van der Waals surface area contributed by atoms with Crippen molar-refractivity contribution in [3.8, 4) is 16.9 Å². The van der Waals surface area contributed by atoms with E-state index in [1.807, 2.05) is 49.3 Å². The average molecular weight is 552 g/mol. The van der Waals surface area contributed by atoms with Gasteiger partial charge in [-0.15, -0.1) is 11.3 Å². The number of hydrogen-bond acceptors (Lipinski definition) is 5. The van der Waals surface area contributed by atoms with Gasteiger partial charge in [0.25, 0.3) is 5.91 Å². The van der Waals surface area contributed by atoms with Crippen LogP contribution in [0.2, 0.25) is 5.02 Å². The lowest BCUT2D eigenvalue weighted by Crippen LogP contribution is -2.44. The molecule has 1 aliphatic carbocycles. The Morgan fingerprint density at radius 3 is 2.63 bits per heavy atom. The Bertz CT molecular complexity index is 1450. The predicted molar refractivity (Wildman–Crippen MR) is 153 cm³/mol. The molecule has 1 N–H and O–H groups in total. The highest BCUT2D eigenvalue weighted by Gasteiger charge is 2.32. The van der Waals surface area contributed by atoms with Crippen LogP contribution >= 0.6 is 22.9 Å². The smallest absolute Gasteiger partial charge is 0.266 e. The van der Waals surface area contributed by atoms with Gasteiger partial charge in [0, 0.05) is 52.2 Å². The first-order valence-corrected chi connectivity index (χ1v) is 14.0. The lowest BCUT2D eigenvalue weighted by molar-refractivity contribution is 0.0604. The number of carbonyl (C=O) groups is 1. The van der Waals surface area contributed by atoms with Crippen molar-refractivity contribution in [1.82, 2.24) is 15.2 Å². The van der Waals surface area contributed by atoms with Crippen molar-refractivity contribution in [3.05, 3.63) is 81.7 Å². The van der Waals surface area contributed by atoms with E-state index in [9.17, 15) is 9.18 Å². The minimum Gasteiger partial charge on any atom is -0.496 e. The zero-order valence-corrected chi connectivity index (χ0v) is 23.3. The van der Waals surface area contributed by atoms with Crippen molar-refractivity contribution in [1.29, 1.82) is 0 Å². The lowest BCUT2D eigenvalue weighted by atomic mass is 9.89. The molecular weight excluding hydrogens is 521 g/mol. The van der Waals surface area contributed by atoms with E-state index in [2.05, 4.69) is 16.4 Å². The van der Waals surface area contributed by atoms with Crippen molar-refractivity contribution in [2.75, 3.05) is 14.2 Å². The number of benzene rings is 2. The van der Waals surface area contributed by atoms with Crippen molar-refractivity contribution >= 4 is 38.9 Å². The Balaban J connectivity index is 1.56. The van der Waals surface area contributed by atoms with E-state index in [0.29, 0.717) is 33.3 Å². The third-order valence-corrected chi connectivity index (χ3v) is 9.35. The van der Waals surface area contributed by atoms with Crippen molar-refractivity contribution in [3.63, 3.8) is 0 Å². The molecule has 38 heavy (non-hydrogen) atoms. The summed E-state index contributed by atoms with van der Waals surface area (Å²) in [5, 5.41) is 3.89. The first kappa shape index (κ1) is 26.6. The largest absolute Gasteiger partial charge is 0.496 e. The number of fused-ring (bicyclic) bond motifs is 1. The summed E-state index contributed by atoms with van der Waals surface area (Å²) in [5.41, 5.74) is 3.79. The Labute approximate surface area is 231 Å². The third kappa shape index (κ3) is 5.15. The monoisotopic (exact) mass is 551 g/mol. The zero-order chi connectivity index (χ0) is 26.8. The van der Waals surface area contributed by atoms with Gasteiger partial charge in [-0.25, -0.2) is 4.39 Å². The predicted octanol–water partition coefficient (Wildman–Crippen LogP) is 7.25. The zero-order valence-electron chi connectivity index (χ0n) is 21.8. The number of rotatable bonds is 7. The van der Waals surface area contributed by atoms with Crippen molar-refractivity contribution < 1.29 is 13.9 Å². The summed E-state index contributed by atoms with van der Waals surface area (Å²) < 4.78 is 21.2. The fourth-order valence-electron chi connectivity index (χ4n) is 5.37. The van der Waals surface area contributed by atoms with Crippen LogP contribution in [0.3, 0.4) is 0 Å². The molecule has 198 valence electrons. The molecule has 0 unspecified atom stereocenters. The van der Waals surface area contributed by atoms with E-state index in [0.717, 1.165) is 47.9 Å². The summed E-state index contributed by atoms with van der Waals surface area (Å²) in [4.78, 5) is 20.8. The molecule has 1 fully saturated rings. The molecular formula is C30H31ClFN3O2S. The molecule has 5 rings (SSSR count). The van der Waals surface area contributed by atoms with E-state index >= 15 is 0 Å². The maximum atomic E-state index is 14.8. The van der Waals surface area contributed by atoms with Gasteiger partial charge in [-0.3, -0.25) is 9.78 Å². The summed E-state index contributed by atoms with van der Waals surface area (Å²) in [6.45, 7) is 2.27. The molecule has 0 atom stereocenters. The van der Waals surface area contributed by atoms with Gasteiger partial charge in [-0.1, -0.05) is 29.8 Å². The number of nitrogens with one attached hydrogen (secondary N) is 1. The van der Waals surface area contributed by atoms with Crippen LogP contribution in [0.5, 0.6) is 5.75 Å². The molecule has 2 aromatic carbocycles. The van der Waals surface area contributed by atoms with Gasteiger partial charge in [0.05, 0.1) is 12.1 Å². The molecule has 0 spiro atoms. The Kier molecular flexibility index (Phi) is 7.98. The number of methoxy groups -OCH3 is 1. The van der Waals surface area contributed by atoms with E-state index in [-0.39, 0.29) is 17.0 Å². The number of ether oxygens (including phenoxy) is 1. The van der Waals surface area contributed by atoms with Crippen molar-refractivity contribution in [2.45, 2.75) is 51.2 Å². The van der Waals surface area contributed by atoms with Crippen molar-refractivity contribution in [2.24, 2.45) is 0 Å². The summed E-state index contributed by atoms with van der Waals surface area (Å²) in [5.74, 6) is 0.137. The Hall–Kier alpha value is -3.00. The second-order valence-corrected chi connectivity index (χ2v) is 11.2. The van der Waals surface area contributed by atoms with Crippen LogP contribution in [-0.2, 0) is 6.54 Å². The minimum atomic E-state index is -0.405. The van der Waals surface area contributed by atoms with Gasteiger partial charge in [-0.2, -0.15) is 0 Å². The Morgan fingerprint density at radius 1 is 1.18 bits per heavy atom. The number of amides is 1. The molecule has 2 heterocycles. The number of hydrogen-bond donors (Lipinski definition) is 1. The van der Waals surface area contributed by atoms with E-state index in [4.69, 9.17) is 16.3 Å². The van der Waals surface area contributed by atoms with Gasteiger partial charge < -0.3 is 15.0 Å². The molecule has 2 aromatic heterocycles. The van der Waals surface area contributed by atoms with Crippen LogP contribution in [0.15, 0.2) is 54.9 Å². The maximum absolute atomic E-state index is 14.8. The number of aromatic nitrogens is 1. The van der Waals surface area contributed by atoms with Crippen LogP contribution in [0.25, 0.3) is 21.2 Å². The second kappa shape index (κ2) is 11.4. The number of carbonyl (C=O) groups excluding carboxylic acids is 1. The van der Waals surface area contributed by atoms with Gasteiger partial charge >= 0.3 is 0 Å². The SMILES string of the molecule is CN[C@H]1CC[C@H](N(Cc2cc(-c3cccnc3)ccc2OC)C(=O)c2sc3c(C)ccc(F)c3c2Cl)CC1. The number of nitrogens with zero attached hydrogens (tertiary/aromatic N) is 2. The normalized spacial score (nSPS) is 17.5. The Morgan fingerprint density at radius 2 is 1.97 bits per heavy atom. The van der Waals surface area contributed by atoms with Crippen LogP contribution in [0.4, 0.5) is 4.39 Å². The van der Waals surface area contributed by atoms with E-state index < -0.39 is 5.82 Å². The number of halogens is 2. The van der Waals surface area contributed by atoms with Crippen LogP contribution < -0.4 is 10.1 Å². The highest BCUT2D eigenvalue weighted by molar-refractivity contribution is 7.21. The highest BCUT2D eigenvalue weighted by atomic mass is 35.5. The number of pyridine rings is 1.